The molecule has 2 aliphatic rings. The number of halogens is 2. The van der Waals surface area contributed by atoms with Crippen molar-refractivity contribution >= 4 is 35.0 Å². The SMILES string of the molecule is Cl.O=C(O)CNCc1cn(C2CCCC2)c2cc(NC3CCCCC3)c(F)cc2c1=O. The Labute approximate surface area is 187 Å². The molecule has 0 bridgehead atoms. The number of rotatable bonds is 7. The van der Waals surface area contributed by atoms with Crippen molar-refractivity contribution in [2.45, 2.75) is 76.4 Å². The van der Waals surface area contributed by atoms with Gasteiger partial charge in [0.1, 0.15) is 5.82 Å². The third-order valence-electron chi connectivity index (χ3n) is 6.47. The average Bonchev–Trinajstić information content (AvgIpc) is 3.26. The summed E-state index contributed by atoms with van der Waals surface area (Å²) in [7, 11) is 0. The quantitative estimate of drug-likeness (QED) is 0.573. The molecule has 8 heteroatoms. The Morgan fingerprint density at radius 2 is 1.77 bits per heavy atom. The molecule has 0 radical (unpaired) electrons. The molecule has 3 N–H and O–H groups in total. The van der Waals surface area contributed by atoms with Crippen LogP contribution in [0.25, 0.3) is 10.9 Å². The normalized spacial score (nSPS) is 17.6. The zero-order valence-electron chi connectivity index (χ0n) is 17.7. The molecule has 0 aliphatic heterocycles. The van der Waals surface area contributed by atoms with E-state index in [9.17, 15) is 14.0 Å². The lowest BCUT2D eigenvalue weighted by Gasteiger charge is -2.25. The van der Waals surface area contributed by atoms with E-state index in [1.165, 1.54) is 12.5 Å². The zero-order chi connectivity index (χ0) is 21.1. The largest absolute Gasteiger partial charge is 0.480 e. The van der Waals surface area contributed by atoms with E-state index in [0.29, 0.717) is 16.6 Å². The first-order chi connectivity index (χ1) is 14.5. The molecule has 1 aromatic heterocycles. The number of hydrogen-bond acceptors (Lipinski definition) is 4. The van der Waals surface area contributed by atoms with Gasteiger partial charge in [-0.1, -0.05) is 32.1 Å². The third-order valence-corrected chi connectivity index (χ3v) is 6.47. The molecule has 6 nitrogen and oxygen atoms in total. The van der Waals surface area contributed by atoms with Crippen molar-refractivity contribution in [1.82, 2.24) is 9.88 Å². The molecule has 170 valence electrons. The average molecular weight is 452 g/mol. The number of aromatic nitrogens is 1. The molecule has 0 spiro atoms. The standard InChI is InChI=1S/C23H30FN3O3.ClH/c24-19-10-18-21(11-20(19)26-16-6-2-1-3-7-16)27(17-8-4-5-9-17)14-15(23(18)30)12-25-13-22(28)29;/h10-11,14,16-17,25-26H,1-9,12-13H2,(H,28,29);1H. The lowest BCUT2D eigenvalue weighted by Crippen LogP contribution is -2.27. The van der Waals surface area contributed by atoms with Crippen LogP contribution in [-0.2, 0) is 11.3 Å². The maximum Gasteiger partial charge on any atom is 0.317 e. The van der Waals surface area contributed by atoms with Gasteiger partial charge in [-0.3, -0.25) is 9.59 Å². The van der Waals surface area contributed by atoms with Gasteiger partial charge in [0.05, 0.1) is 17.7 Å². The number of carboxylic acid groups (broad SMARTS) is 1. The summed E-state index contributed by atoms with van der Waals surface area (Å²) in [5, 5.41) is 15.4. The van der Waals surface area contributed by atoms with Crippen LogP contribution < -0.4 is 16.1 Å². The van der Waals surface area contributed by atoms with Crippen LogP contribution in [-0.4, -0.2) is 28.2 Å². The number of carbonyl (C=O) groups is 1. The van der Waals surface area contributed by atoms with Gasteiger partial charge in [-0.25, -0.2) is 4.39 Å². The minimum Gasteiger partial charge on any atom is -0.480 e. The maximum atomic E-state index is 14.9. The summed E-state index contributed by atoms with van der Waals surface area (Å²) in [6.07, 6.45) is 11.8. The number of benzene rings is 1. The number of carboxylic acids is 1. The number of nitrogens with zero attached hydrogens (tertiary/aromatic N) is 1. The third kappa shape index (κ3) is 5.39. The van der Waals surface area contributed by atoms with E-state index in [1.807, 2.05) is 6.20 Å². The maximum absolute atomic E-state index is 14.9. The number of aliphatic carboxylic acids is 1. The van der Waals surface area contributed by atoms with Gasteiger partial charge < -0.3 is 20.3 Å². The predicted octanol–water partition coefficient (Wildman–Crippen LogP) is 4.60. The van der Waals surface area contributed by atoms with Crippen LogP contribution in [0.4, 0.5) is 10.1 Å². The molecule has 2 saturated carbocycles. The summed E-state index contributed by atoms with van der Waals surface area (Å²) in [5.41, 5.74) is 1.47. The number of nitrogens with one attached hydrogen (secondary N) is 2. The van der Waals surface area contributed by atoms with Crippen molar-refractivity contribution in [3.63, 3.8) is 0 Å². The van der Waals surface area contributed by atoms with Crippen LogP contribution in [0.2, 0.25) is 0 Å². The van der Waals surface area contributed by atoms with E-state index in [0.717, 1.165) is 56.9 Å². The van der Waals surface area contributed by atoms with Crippen molar-refractivity contribution in [2.24, 2.45) is 0 Å². The molecule has 2 fully saturated rings. The molecule has 0 unspecified atom stereocenters. The fourth-order valence-corrected chi connectivity index (χ4v) is 4.92. The molecular formula is C23H31ClFN3O3. The van der Waals surface area contributed by atoms with E-state index >= 15 is 0 Å². The highest BCUT2D eigenvalue weighted by Crippen LogP contribution is 2.33. The molecule has 1 aromatic carbocycles. The van der Waals surface area contributed by atoms with Crippen molar-refractivity contribution in [1.29, 1.82) is 0 Å². The number of fused-ring (bicyclic) bond motifs is 1. The van der Waals surface area contributed by atoms with Crippen molar-refractivity contribution < 1.29 is 14.3 Å². The number of hydrogen-bond donors (Lipinski definition) is 3. The van der Waals surface area contributed by atoms with Crippen molar-refractivity contribution in [2.75, 3.05) is 11.9 Å². The molecule has 0 atom stereocenters. The van der Waals surface area contributed by atoms with Crippen molar-refractivity contribution in [3.8, 4) is 0 Å². The van der Waals surface area contributed by atoms with Crippen LogP contribution in [0.3, 0.4) is 0 Å². The first-order valence-corrected chi connectivity index (χ1v) is 11.1. The Morgan fingerprint density at radius 1 is 1.10 bits per heavy atom. The Balaban J connectivity index is 0.00000272. The minimum absolute atomic E-state index is 0. The van der Waals surface area contributed by atoms with E-state index < -0.39 is 11.8 Å². The summed E-state index contributed by atoms with van der Waals surface area (Å²) >= 11 is 0. The highest BCUT2D eigenvalue weighted by molar-refractivity contribution is 5.85. The molecule has 31 heavy (non-hydrogen) atoms. The van der Waals surface area contributed by atoms with Crippen LogP contribution in [0.1, 0.15) is 69.4 Å². The highest BCUT2D eigenvalue weighted by atomic mass is 35.5. The Hall–Kier alpha value is -2.12. The first-order valence-electron chi connectivity index (χ1n) is 11.1. The summed E-state index contributed by atoms with van der Waals surface area (Å²) in [6.45, 7) is -0.0724. The van der Waals surface area contributed by atoms with Crippen LogP contribution in [0.5, 0.6) is 0 Å². The van der Waals surface area contributed by atoms with E-state index in [1.54, 1.807) is 6.07 Å². The second kappa shape index (κ2) is 10.5. The monoisotopic (exact) mass is 451 g/mol. The first kappa shape index (κ1) is 23.5. The molecule has 4 rings (SSSR count). The molecule has 0 amide bonds. The van der Waals surface area contributed by atoms with Crippen LogP contribution >= 0.6 is 12.4 Å². The Morgan fingerprint density at radius 3 is 2.45 bits per heavy atom. The lowest BCUT2D eigenvalue weighted by molar-refractivity contribution is -0.136. The minimum atomic E-state index is -0.976. The van der Waals surface area contributed by atoms with E-state index in [4.69, 9.17) is 5.11 Å². The van der Waals surface area contributed by atoms with Gasteiger partial charge in [-0.05, 0) is 37.8 Å². The van der Waals surface area contributed by atoms with Crippen LogP contribution in [0.15, 0.2) is 23.1 Å². The van der Waals surface area contributed by atoms with Gasteiger partial charge >= 0.3 is 5.97 Å². The fraction of sp³-hybridized carbons (Fsp3) is 0.565. The fourth-order valence-electron chi connectivity index (χ4n) is 4.92. The second-order valence-corrected chi connectivity index (χ2v) is 8.65. The lowest BCUT2D eigenvalue weighted by atomic mass is 9.95. The van der Waals surface area contributed by atoms with Crippen LogP contribution in [0, 0.1) is 5.82 Å². The molecule has 2 aromatic rings. The van der Waals surface area contributed by atoms with E-state index in [2.05, 4.69) is 15.2 Å². The summed E-state index contributed by atoms with van der Waals surface area (Å²) in [5.74, 6) is -1.38. The Kier molecular flexibility index (Phi) is 7.94. The summed E-state index contributed by atoms with van der Waals surface area (Å²) in [4.78, 5) is 23.8. The number of pyridine rings is 1. The topological polar surface area (TPSA) is 83.4 Å². The van der Waals surface area contributed by atoms with Gasteiger partial charge in [0, 0.05) is 35.8 Å². The molecule has 2 aliphatic carbocycles. The summed E-state index contributed by atoms with van der Waals surface area (Å²) < 4.78 is 17.1. The van der Waals surface area contributed by atoms with E-state index in [-0.39, 0.29) is 43.0 Å². The number of anilines is 1. The van der Waals surface area contributed by atoms with Gasteiger partial charge in [-0.2, -0.15) is 0 Å². The highest BCUT2D eigenvalue weighted by Gasteiger charge is 2.22. The molecule has 1 heterocycles. The summed E-state index contributed by atoms with van der Waals surface area (Å²) in [6, 6.07) is 3.71. The smallest absolute Gasteiger partial charge is 0.317 e. The zero-order valence-corrected chi connectivity index (χ0v) is 18.5. The van der Waals surface area contributed by atoms with Gasteiger partial charge in [-0.15, -0.1) is 12.4 Å². The Bertz CT molecular complexity index is 982. The second-order valence-electron chi connectivity index (χ2n) is 8.65. The van der Waals surface area contributed by atoms with Gasteiger partial charge in [0.2, 0.25) is 0 Å². The molecular weight excluding hydrogens is 421 g/mol. The van der Waals surface area contributed by atoms with Crippen molar-refractivity contribution in [3.05, 3.63) is 39.9 Å². The predicted molar refractivity (Wildman–Crippen MR) is 123 cm³/mol. The molecule has 0 saturated heterocycles. The van der Waals surface area contributed by atoms with Gasteiger partial charge in [0.25, 0.3) is 0 Å². The van der Waals surface area contributed by atoms with Gasteiger partial charge in [0.15, 0.2) is 5.43 Å².